The second kappa shape index (κ2) is 5.55. The van der Waals surface area contributed by atoms with Crippen LogP contribution < -0.4 is 5.73 Å². The highest BCUT2D eigenvalue weighted by Crippen LogP contribution is 2.37. The molecule has 1 saturated carbocycles. The van der Waals surface area contributed by atoms with Gasteiger partial charge in [0.1, 0.15) is 5.82 Å². The number of hydrogen-bond acceptors (Lipinski definition) is 1. The van der Waals surface area contributed by atoms with Gasteiger partial charge in [-0.2, -0.15) is 0 Å². The van der Waals surface area contributed by atoms with E-state index in [1.54, 1.807) is 12.1 Å². The molecule has 0 amide bonds. The zero-order valence-corrected chi connectivity index (χ0v) is 11.9. The second-order valence-corrected chi connectivity index (χ2v) is 5.79. The lowest BCUT2D eigenvalue weighted by molar-refractivity contribution is 0.419. The van der Waals surface area contributed by atoms with Crippen LogP contribution in [-0.2, 0) is 0 Å². The van der Waals surface area contributed by atoms with Gasteiger partial charge < -0.3 is 5.73 Å². The highest BCUT2D eigenvalue weighted by Gasteiger charge is 2.20. The number of benzene rings is 2. The predicted octanol–water partition coefficient (Wildman–Crippen LogP) is 4.79. The van der Waals surface area contributed by atoms with E-state index in [0.717, 1.165) is 5.56 Å². The van der Waals surface area contributed by atoms with Gasteiger partial charge >= 0.3 is 0 Å². The summed E-state index contributed by atoms with van der Waals surface area (Å²) in [6, 6.07) is 12.7. The Hall–Kier alpha value is -1.38. The van der Waals surface area contributed by atoms with E-state index in [0.29, 0.717) is 11.5 Å². The molecule has 0 spiro atoms. The van der Waals surface area contributed by atoms with E-state index in [1.165, 1.54) is 30.9 Å². The molecule has 20 heavy (non-hydrogen) atoms. The minimum absolute atomic E-state index is 0.114. The maximum absolute atomic E-state index is 13.5. The molecule has 3 rings (SSSR count). The molecule has 104 valence electrons. The fourth-order valence-electron chi connectivity index (χ4n) is 2.66. The summed E-state index contributed by atoms with van der Waals surface area (Å²) in [7, 11) is 0. The van der Waals surface area contributed by atoms with E-state index in [-0.39, 0.29) is 5.02 Å². The van der Waals surface area contributed by atoms with Crippen molar-refractivity contribution in [3.05, 3.63) is 70.0 Å². The summed E-state index contributed by atoms with van der Waals surface area (Å²) in [5.74, 6) is 0.281. The molecule has 1 fully saturated rings. The molecule has 1 aliphatic rings. The van der Waals surface area contributed by atoms with E-state index in [4.69, 9.17) is 17.3 Å². The number of nitrogens with two attached hydrogens (primary N) is 1. The molecule has 2 aromatic carbocycles. The molecule has 1 unspecified atom stereocenters. The monoisotopic (exact) mass is 289 g/mol. The Morgan fingerprint density at radius 3 is 2.40 bits per heavy atom. The van der Waals surface area contributed by atoms with Gasteiger partial charge in [-0.15, -0.1) is 0 Å². The minimum atomic E-state index is -0.425. The summed E-state index contributed by atoms with van der Waals surface area (Å²) in [5.41, 5.74) is 9.17. The van der Waals surface area contributed by atoms with Gasteiger partial charge in [-0.25, -0.2) is 4.39 Å². The zero-order valence-electron chi connectivity index (χ0n) is 11.2. The largest absolute Gasteiger partial charge is 0.320 e. The van der Waals surface area contributed by atoms with Crippen molar-refractivity contribution in [1.29, 1.82) is 0 Å². The lowest BCUT2D eigenvalue weighted by Crippen LogP contribution is -2.14. The van der Waals surface area contributed by atoms with Crippen LogP contribution in [0, 0.1) is 5.82 Å². The van der Waals surface area contributed by atoms with E-state index in [9.17, 15) is 4.39 Å². The van der Waals surface area contributed by atoms with Crippen molar-refractivity contribution in [1.82, 2.24) is 0 Å². The van der Waals surface area contributed by atoms with Gasteiger partial charge in [0.15, 0.2) is 0 Å². The van der Waals surface area contributed by atoms with Crippen molar-refractivity contribution in [2.75, 3.05) is 0 Å². The number of halogens is 2. The van der Waals surface area contributed by atoms with Crippen LogP contribution in [0.15, 0.2) is 42.5 Å². The Labute approximate surface area is 123 Å². The lowest BCUT2D eigenvalue weighted by Gasteiger charge is -2.26. The lowest BCUT2D eigenvalue weighted by atomic mass is 9.79. The van der Waals surface area contributed by atoms with Gasteiger partial charge in [0, 0.05) is 0 Å². The minimum Gasteiger partial charge on any atom is -0.320 e. The molecule has 0 radical (unpaired) electrons. The van der Waals surface area contributed by atoms with E-state index in [1.807, 2.05) is 12.1 Å². The molecule has 0 saturated heterocycles. The van der Waals surface area contributed by atoms with Crippen LogP contribution in [0.3, 0.4) is 0 Å². The highest BCUT2D eigenvalue weighted by atomic mass is 35.5. The van der Waals surface area contributed by atoms with Crippen LogP contribution in [0.4, 0.5) is 4.39 Å². The van der Waals surface area contributed by atoms with Crippen molar-refractivity contribution >= 4 is 11.6 Å². The quantitative estimate of drug-likeness (QED) is 0.863. The van der Waals surface area contributed by atoms with Crippen LogP contribution in [-0.4, -0.2) is 0 Å². The first-order valence-corrected chi connectivity index (χ1v) is 7.34. The van der Waals surface area contributed by atoms with Gasteiger partial charge in [0.2, 0.25) is 0 Å². The van der Waals surface area contributed by atoms with Crippen molar-refractivity contribution in [3.8, 4) is 0 Å². The van der Waals surface area contributed by atoms with Gasteiger partial charge in [-0.05, 0) is 41.5 Å². The first-order chi connectivity index (χ1) is 9.66. The molecule has 3 heteroatoms. The SMILES string of the molecule is NC(c1ccc(C2CCC2)cc1)c1cccc(F)c1Cl. The van der Waals surface area contributed by atoms with Crippen molar-refractivity contribution < 1.29 is 4.39 Å². The molecular formula is C17H17ClFN. The van der Waals surface area contributed by atoms with Crippen molar-refractivity contribution in [3.63, 3.8) is 0 Å². The summed E-state index contributed by atoms with van der Waals surface area (Å²) in [5, 5.41) is 0.114. The number of rotatable bonds is 3. The van der Waals surface area contributed by atoms with Crippen LogP contribution in [0.25, 0.3) is 0 Å². The first-order valence-electron chi connectivity index (χ1n) is 6.96. The molecule has 0 heterocycles. The Morgan fingerprint density at radius 2 is 1.80 bits per heavy atom. The van der Waals surface area contributed by atoms with Crippen LogP contribution >= 0.6 is 11.6 Å². The van der Waals surface area contributed by atoms with Crippen molar-refractivity contribution in [2.24, 2.45) is 5.73 Å². The van der Waals surface area contributed by atoms with E-state index in [2.05, 4.69) is 12.1 Å². The maximum Gasteiger partial charge on any atom is 0.142 e. The third-order valence-electron chi connectivity index (χ3n) is 4.19. The third kappa shape index (κ3) is 2.46. The molecule has 2 aromatic rings. The molecular weight excluding hydrogens is 273 g/mol. The molecule has 1 nitrogen and oxygen atoms in total. The summed E-state index contributed by atoms with van der Waals surface area (Å²) in [6.45, 7) is 0. The number of hydrogen-bond donors (Lipinski definition) is 1. The smallest absolute Gasteiger partial charge is 0.142 e. The molecule has 1 aliphatic carbocycles. The average Bonchev–Trinajstić information content (AvgIpc) is 2.40. The van der Waals surface area contributed by atoms with Crippen LogP contribution in [0.1, 0.15) is 47.9 Å². The van der Waals surface area contributed by atoms with Crippen LogP contribution in [0.5, 0.6) is 0 Å². The zero-order chi connectivity index (χ0) is 14.1. The normalized spacial score (nSPS) is 16.8. The molecule has 1 atom stereocenters. The fraction of sp³-hybridized carbons (Fsp3) is 0.294. The average molecular weight is 290 g/mol. The predicted molar refractivity (Wildman–Crippen MR) is 80.5 cm³/mol. The van der Waals surface area contributed by atoms with E-state index >= 15 is 0 Å². The van der Waals surface area contributed by atoms with Gasteiger partial charge in [-0.1, -0.05) is 54.4 Å². The Morgan fingerprint density at radius 1 is 1.10 bits per heavy atom. The molecule has 0 aromatic heterocycles. The maximum atomic E-state index is 13.5. The third-order valence-corrected chi connectivity index (χ3v) is 4.59. The van der Waals surface area contributed by atoms with Crippen molar-refractivity contribution in [2.45, 2.75) is 31.2 Å². The Kier molecular flexibility index (Phi) is 3.77. The topological polar surface area (TPSA) is 26.0 Å². The second-order valence-electron chi connectivity index (χ2n) is 5.42. The summed E-state index contributed by atoms with van der Waals surface area (Å²) >= 11 is 6.00. The summed E-state index contributed by atoms with van der Waals surface area (Å²) in [6.07, 6.45) is 3.88. The Bertz CT molecular complexity index is 605. The first kappa shape index (κ1) is 13.6. The standard InChI is InChI=1S/C17H17ClFN/c18-16-14(5-2-6-15(16)19)17(20)13-9-7-12(8-10-13)11-3-1-4-11/h2,5-11,17H,1,3-4,20H2. The fourth-order valence-corrected chi connectivity index (χ4v) is 2.90. The molecule has 2 N–H and O–H groups in total. The van der Waals surface area contributed by atoms with Crippen LogP contribution in [0.2, 0.25) is 5.02 Å². The van der Waals surface area contributed by atoms with E-state index < -0.39 is 11.9 Å². The summed E-state index contributed by atoms with van der Waals surface area (Å²) < 4.78 is 13.5. The molecule has 0 bridgehead atoms. The molecule has 0 aliphatic heterocycles. The highest BCUT2D eigenvalue weighted by molar-refractivity contribution is 6.31. The van der Waals surface area contributed by atoms with Gasteiger partial charge in [0.05, 0.1) is 11.1 Å². The Balaban J connectivity index is 1.86. The van der Waals surface area contributed by atoms with Gasteiger partial charge in [-0.3, -0.25) is 0 Å². The summed E-state index contributed by atoms with van der Waals surface area (Å²) in [4.78, 5) is 0. The van der Waals surface area contributed by atoms with Gasteiger partial charge in [0.25, 0.3) is 0 Å².